The summed E-state index contributed by atoms with van der Waals surface area (Å²) in [7, 11) is 5.03. The van der Waals surface area contributed by atoms with Gasteiger partial charge in [0.25, 0.3) is 0 Å². The lowest BCUT2D eigenvalue weighted by molar-refractivity contribution is -0.0979. The van der Waals surface area contributed by atoms with Crippen LogP contribution in [0.3, 0.4) is 0 Å². The summed E-state index contributed by atoms with van der Waals surface area (Å²) < 4.78 is 22.6. The Morgan fingerprint density at radius 1 is 1.00 bits per heavy atom. The number of hydrogen-bond acceptors (Lipinski definition) is 5. The molecule has 0 saturated carbocycles. The van der Waals surface area contributed by atoms with Crippen LogP contribution in [0.15, 0.2) is 47.5 Å². The Bertz CT molecular complexity index is 897. The van der Waals surface area contributed by atoms with Crippen LogP contribution in [0.1, 0.15) is 50.7 Å². The molecule has 31 heavy (non-hydrogen) atoms. The average Bonchev–Trinajstić information content (AvgIpc) is 2.81. The molecular weight excluding hydrogens is 390 g/mol. The zero-order valence-corrected chi connectivity index (χ0v) is 19.4. The van der Waals surface area contributed by atoms with E-state index < -0.39 is 0 Å². The number of hydrogen-bond donors (Lipinski definition) is 0. The molecule has 0 amide bonds. The van der Waals surface area contributed by atoms with Crippen molar-refractivity contribution in [3.05, 3.63) is 53.6 Å². The molecule has 0 unspecified atom stereocenters. The molecule has 168 valence electrons. The third kappa shape index (κ3) is 5.21. The van der Waals surface area contributed by atoms with E-state index in [0.29, 0.717) is 5.75 Å². The van der Waals surface area contributed by atoms with Crippen molar-refractivity contribution in [2.75, 3.05) is 34.5 Å². The average molecular weight is 426 g/mol. The predicted molar refractivity (Wildman–Crippen MR) is 125 cm³/mol. The van der Waals surface area contributed by atoms with E-state index in [4.69, 9.17) is 23.9 Å². The maximum Gasteiger partial charge on any atom is 0.161 e. The molecule has 3 rings (SSSR count). The van der Waals surface area contributed by atoms with E-state index in [2.05, 4.69) is 32.0 Å². The first-order valence-corrected chi connectivity index (χ1v) is 11.0. The van der Waals surface area contributed by atoms with Crippen molar-refractivity contribution in [2.45, 2.75) is 50.5 Å². The maximum absolute atomic E-state index is 6.18. The minimum atomic E-state index is -0.133. The van der Waals surface area contributed by atoms with E-state index >= 15 is 0 Å². The summed E-state index contributed by atoms with van der Waals surface area (Å²) in [6.45, 7) is 5.91. The minimum absolute atomic E-state index is 0.0233. The van der Waals surface area contributed by atoms with Crippen LogP contribution in [0.25, 0.3) is 0 Å². The van der Waals surface area contributed by atoms with Crippen molar-refractivity contribution in [2.24, 2.45) is 4.99 Å². The first-order chi connectivity index (χ1) is 15.0. The Morgan fingerprint density at radius 2 is 1.74 bits per heavy atom. The van der Waals surface area contributed by atoms with Gasteiger partial charge in [0.15, 0.2) is 11.5 Å². The molecule has 0 aromatic heterocycles. The molecule has 5 heteroatoms. The molecule has 1 saturated heterocycles. The Balaban J connectivity index is 1.82. The van der Waals surface area contributed by atoms with Crippen LogP contribution in [-0.4, -0.2) is 46.3 Å². The van der Waals surface area contributed by atoms with Crippen LogP contribution in [0, 0.1) is 0 Å². The van der Waals surface area contributed by atoms with Crippen molar-refractivity contribution in [3.63, 3.8) is 0 Å². The van der Waals surface area contributed by atoms with Gasteiger partial charge in [0.2, 0.25) is 0 Å². The largest absolute Gasteiger partial charge is 0.496 e. The van der Waals surface area contributed by atoms with Gasteiger partial charge in [-0.15, -0.1) is 0 Å². The second-order valence-corrected chi connectivity index (χ2v) is 8.46. The maximum atomic E-state index is 6.18. The Hall–Kier alpha value is -2.53. The van der Waals surface area contributed by atoms with Gasteiger partial charge in [-0.1, -0.05) is 25.1 Å². The highest BCUT2D eigenvalue weighted by Crippen LogP contribution is 2.48. The smallest absolute Gasteiger partial charge is 0.161 e. The van der Waals surface area contributed by atoms with Crippen LogP contribution in [0.5, 0.6) is 17.2 Å². The minimum Gasteiger partial charge on any atom is -0.496 e. The van der Waals surface area contributed by atoms with E-state index in [1.165, 1.54) is 5.56 Å². The summed E-state index contributed by atoms with van der Waals surface area (Å²) in [5.41, 5.74) is 2.10. The molecule has 0 radical (unpaired) electrons. The van der Waals surface area contributed by atoms with E-state index in [-0.39, 0.29) is 11.0 Å². The summed E-state index contributed by atoms with van der Waals surface area (Å²) in [5.74, 6) is 2.38. The number of rotatable bonds is 9. The fraction of sp³-hybridized carbons (Fsp3) is 0.500. The van der Waals surface area contributed by atoms with Gasteiger partial charge in [0.05, 0.1) is 26.9 Å². The van der Waals surface area contributed by atoms with Crippen molar-refractivity contribution < 1.29 is 18.9 Å². The number of ether oxygens (including phenoxy) is 4. The summed E-state index contributed by atoms with van der Waals surface area (Å²) in [5, 5.41) is 0. The molecular formula is C26H35NO4. The highest BCUT2D eigenvalue weighted by Gasteiger charge is 2.44. The molecule has 2 atom stereocenters. The number of nitrogens with zero attached hydrogens (tertiary/aromatic N) is 1. The molecule has 0 spiro atoms. The van der Waals surface area contributed by atoms with E-state index in [0.717, 1.165) is 55.9 Å². The number of aliphatic imine (C=N–C) groups is 1. The van der Waals surface area contributed by atoms with E-state index in [1.54, 1.807) is 21.3 Å². The van der Waals surface area contributed by atoms with Crippen molar-refractivity contribution in [1.82, 2.24) is 0 Å². The van der Waals surface area contributed by atoms with Gasteiger partial charge in [-0.2, -0.15) is 0 Å². The Morgan fingerprint density at radius 3 is 2.45 bits per heavy atom. The first-order valence-electron chi connectivity index (χ1n) is 11.0. The zero-order chi connectivity index (χ0) is 22.3. The molecule has 0 bridgehead atoms. The molecule has 1 aliphatic heterocycles. The summed E-state index contributed by atoms with van der Waals surface area (Å²) in [4.78, 5) is 4.76. The summed E-state index contributed by atoms with van der Waals surface area (Å²) >= 11 is 0. The van der Waals surface area contributed by atoms with E-state index in [1.807, 2.05) is 30.5 Å². The number of methoxy groups -OCH3 is 3. The fourth-order valence-corrected chi connectivity index (χ4v) is 4.62. The van der Waals surface area contributed by atoms with Crippen LogP contribution in [-0.2, 0) is 10.2 Å². The molecule has 0 aliphatic carbocycles. The van der Waals surface area contributed by atoms with Crippen molar-refractivity contribution in [1.29, 1.82) is 0 Å². The quantitative estimate of drug-likeness (QED) is 0.502. The van der Waals surface area contributed by atoms with Gasteiger partial charge in [-0.05, 0) is 62.4 Å². The third-order valence-corrected chi connectivity index (χ3v) is 6.54. The van der Waals surface area contributed by atoms with Crippen LogP contribution < -0.4 is 14.2 Å². The van der Waals surface area contributed by atoms with Crippen molar-refractivity contribution in [3.8, 4) is 17.2 Å². The lowest BCUT2D eigenvalue weighted by Crippen LogP contribution is -2.46. The number of para-hydroxylation sites is 1. The predicted octanol–water partition coefficient (Wildman–Crippen LogP) is 5.44. The molecule has 5 nitrogen and oxygen atoms in total. The summed E-state index contributed by atoms with van der Waals surface area (Å²) in [6, 6.07) is 14.2. The van der Waals surface area contributed by atoms with Gasteiger partial charge in [0, 0.05) is 30.3 Å². The molecule has 2 aromatic rings. The zero-order valence-electron chi connectivity index (χ0n) is 19.4. The fourth-order valence-electron chi connectivity index (χ4n) is 4.62. The molecule has 2 aromatic carbocycles. The second-order valence-electron chi connectivity index (χ2n) is 8.46. The highest BCUT2D eigenvalue weighted by molar-refractivity contribution is 5.80. The standard InChI is InChI=1S/C26H35NO4/c1-6-25(2)19-26(14-16-31-25,21-9-7-8-10-22(21)28-3)13-15-27-18-20-11-12-23(29-4)24(17-20)30-5/h7-12,17-18H,6,13-16,19H2,1-5H3/t25-,26-/m0/s1. The molecule has 1 fully saturated rings. The van der Waals surface area contributed by atoms with Gasteiger partial charge < -0.3 is 18.9 Å². The van der Waals surface area contributed by atoms with Crippen molar-refractivity contribution >= 4 is 6.21 Å². The monoisotopic (exact) mass is 425 g/mol. The molecule has 1 heterocycles. The van der Waals surface area contributed by atoms with Crippen LogP contribution in [0.4, 0.5) is 0 Å². The lowest BCUT2D eigenvalue weighted by Gasteiger charge is -2.47. The van der Waals surface area contributed by atoms with Crippen LogP contribution >= 0.6 is 0 Å². The highest BCUT2D eigenvalue weighted by atomic mass is 16.5. The lowest BCUT2D eigenvalue weighted by atomic mass is 9.66. The molecule has 1 aliphatic rings. The van der Waals surface area contributed by atoms with Gasteiger partial charge >= 0.3 is 0 Å². The molecule has 0 N–H and O–H groups in total. The second kappa shape index (κ2) is 10.2. The van der Waals surface area contributed by atoms with Gasteiger partial charge in [-0.25, -0.2) is 0 Å². The third-order valence-electron chi connectivity index (χ3n) is 6.54. The van der Waals surface area contributed by atoms with E-state index in [9.17, 15) is 0 Å². The van der Waals surface area contributed by atoms with Gasteiger partial charge in [0.1, 0.15) is 5.75 Å². The Labute approximate surface area is 186 Å². The van der Waals surface area contributed by atoms with Crippen LogP contribution in [0.2, 0.25) is 0 Å². The van der Waals surface area contributed by atoms with Gasteiger partial charge in [-0.3, -0.25) is 4.99 Å². The topological polar surface area (TPSA) is 49.3 Å². The summed E-state index contributed by atoms with van der Waals surface area (Å²) in [6.07, 6.45) is 5.77. The SMILES string of the molecule is CC[C@@]1(C)C[C@@](CCN=Cc2ccc(OC)c(OC)c2)(c2ccccc2OC)CCO1. The first kappa shape index (κ1) is 23.1. The number of benzene rings is 2. The Kier molecular flexibility index (Phi) is 7.60. The normalized spacial score (nSPS) is 23.6.